The molecule has 3 saturated heterocycles. The molecule has 2 unspecified atom stereocenters. The average Bonchev–Trinajstić information content (AvgIpc) is 3.75. The highest BCUT2D eigenvalue weighted by Crippen LogP contribution is 2.66. The molecule has 0 aromatic heterocycles. The average molecular weight is 1070 g/mol. The fraction of sp³-hybridized carbons (Fsp3) is 0.538. The largest absolute Gasteiger partial charge is 0.497 e. The summed E-state index contributed by atoms with van der Waals surface area (Å²) in [6, 6.07) is 6.38. The van der Waals surface area contributed by atoms with Gasteiger partial charge in [0.25, 0.3) is 0 Å². The molecule has 3 N–H and O–H groups in total. The van der Waals surface area contributed by atoms with Crippen LogP contribution in [0.2, 0.25) is 5.02 Å². The van der Waals surface area contributed by atoms with Gasteiger partial charge in [0.05, 0.1) is 51.1 Å². The molecule has 6 aliphatic rings. The van der Waals surface area contributed by atoms with Crippen molar-refractivity contribution in [2.75, 3.05) is 59.9 Å². The van der Waals surface area contributed by atoms with Crippen molar-refractivity contribution >= 4 is 60.2 Å². The predicted octanol–water partition coefficient (Wildman–Crippen LogP) is 6.72. The summed E-state index contributed by atoms with van der Waals surface area (Å²) in [6.07, 6.45) is 1.65. The first-order valence-corrected chi connectivity index (χ1v) is 25.3. The van der Waals surface area contributed by atoms with E-state index in [0.717, 1.165) is 18.6 Å². The Hall–Kier alpha value is -6.39. The lowest BCUT2D eigenvalue weighted by atomic mass is 9.43. The number of rotatable bonds is 14. The van der Waals surface area contributed by atoms with Crippen molar-refractivity contribution in [2.24, 2.45) is 17.3 Å². The SMILES string of the molecule is COc1cccc(NC(=O)N2CCC(N3CCN(C(=O)NC(C(=O)NC(Cc4ccc(F)c(C(=O)OC(C)(C)C)c4OC)B4O[C@@H]5C[C@@H]6C[C@@H](C6(C)C)[C@]5(C)O4)c4cc(F)c(OC)c(OC)c4Cl)C(=O)C3=O)CC2)c1. The molecule has 3 aromatic carbocycles. The molecule has 3 aromatic rings. The molecule has 7 amide bonds. The van der Waals surface area contributed by atoms with E-state index in [9.17, 15) is 24.0 Å². The van der Waals surface area contributed by atoms with E-state index in [1.807, 2.05) is 6.92 Å². The number of nitrogens with zero attached hydrogens (tertiary/aromatic N) is 3. The van der Waals surface area contributed by atoms with Crippen LogP contribution >= 0.6 is 11.6 Å². The van der Waals surface area contributed by atoms with Crippen LogP contribution in [0.3, 0.4) is 0 Å². The summed E-state index contributed by atoms with van der Waals surface area (Å²) >= 11 is 6.88. The minimum absolute atomic E-state index is 0.0664. The van der Waals surface area contributed by atoms with Crippen LogP contribution in [0.5, 0.6) is 23.0 Å². The number of ether oxygens (including phenoxy) is 5. The summed E-state index contributed by atoms with van der Waals surface area (Å²) in [4.78, 5) is 87.6. The van der Waals surface area contributed by atoms with Gasteiger partial charge in [-0.2, -0.15) is 0 Å². The second-order valence-corrected chi connectivity index (χ2v) is 21.7. The number of piperidine rings is 1. The van der Waals surface area contributed by atoms with Gasteiger partial charge in [0, 0.05) is 49.5 Å². The van der Waals surface area contributed by atoms with Crippen molar-refractivity contribution in [3.8, 4) is 23.0 Å². The third kappa shape index (κ3) is 10.6. The molecule has 404 valence electrons. The van der Waals surface area contributed by atoms with Crippen LogP contribution < -0.4 is 34.9 Å². The Bertz CT molecular complexity index is 2760. The number of imide groups is 1. The summed E-state index contributed by atoms with van der Waals surface area (Å²) < 4.78 is 72.2. The molecule has 6 fully saturated rings. The summed E-state index contributed by atoms with van der Waals surface area (Å²) in [7, 11) is 3.97. The third-order valence-corrected chi connectivity index (χ3v) is 15.9. The molecule has 6 atom stereocenters. The van der Waals surface area contributed by atoms with Crippen LogP contribution in [-0.4, -0.2) is 141 Å². The molecule has 9 rings (SSSR count). The van der Waals surface area contributed by atoms with E-state index in [4.69, 9.17) is 44.6 Å². The van der Waals surface area contributed by atoms with Gasteiger partial charge < -0.3 is 58.7 Å². The fourth-order valence-electron chi connectivity index (χ4n) is 11.5. The minimum atomic E-state index is -1.91. The first-order valence-electron chi connectivity index (χ1n) is 24.9. The number of hydrogen-bond donors (Lipinski definition) is 3. The Labute approximate surface area is 439 Å². The quantitative estimate of drug-likeness (QED) is 0.0871. The van der Waals surface area contributed by atoms with Gasteiger partial charge in [-0.3, -0.25) is 19.3 Å². The van der Waals surface area contributed by atoms with Crippen molar-refractivity contribution in [3.63, 3.8) is 0 Å². The number of urea groups is 2. The van der Waals surface area contributed by atoms with Gasteiger partial charge in [-0.05, 0) is 107 Å². The molecule has 0 radical (unpaired) electrons. The highest BCUT2D eigenvalue weighted by Gasteiger charge is 2.68. The summed E-state index contributed by atoms with van der Waals surface area (Å²) in [6.45, 7) is 11.4. The highest BCUT2D eigenvalue weighted by molar-refractivity contribution is 6.48. The molecule has 0 spiro atoms. The molecule has 23 heteroatoms. The number of likely N-dealkylation sites (tertiary alicyclic amines) is 1. The number of carbonyl (C=O) groups excluding carboxylic acids is 6. The zero-order valence-corrected chi connectivity index (χ0v) is 44.5. The maximum Gasteiger partial charge on any atom is 0.482 e. The molecular formula is C52H64BClF2N6O13. The molecular weight excluding hydrogens is 1000 g/mol. The second kappa shape index (κ2) is 21.3. The van der Waals surface area contributed by atoms with Gasteiger partial charge in [0.15, 0.2) is 17.3 Å². The lowest BCUT2D eigenvalue weighted by Gasteiger charge is -2.64. The van der Waals surface area contributed by atoms with E-state index in [-0.39, 0.29) is 77.6 Å². The molecule has 3 saturated carbocycles. The van der Waals surface area contributed by atoms with E-state index in [0.29, 0.717) is 41.5 Å². The zero-order valence-electron chi connectivity index (χ0n) is 43.7. The topological polar surface area (TPSA) is 213 Å². The lowest BCUT2D eigenvalue weighted by Crippen LogP contribution is -2.65. The summed E-state index contributed by atoms with van der Waals surface area (Å²) in [5.74, 6) is -7.18. The number of anilines is 1. The van der Waals surface area contributed by atoms with Gasteiger partial charge >= 0.3 is 37.0 Å². The van der Waals surface area contributed by atoms with E-state index >= 15 is 13.6 Å². The smallest absolute Gasteiger partial charge is 0.482 e. The van der Waals surface area contributed by atoms with Crippen LogP contribution in [0.1, 0.15) is 94.8 Å². The Morgan fingerprint density at radius 2 is 1.53 bits per heavy atom. The Balaban J connectivity index is 1.06. The number of methoxy groups -OCH3 is 4. The molecule has 3 aliphatic carbocycles. The Morgan fingerprint density at radius 3 is 2.17 bits per heavy atom. The number of piperazine rings is 1. The fourth-order valence-corrected chi connectivity index (χ4v) is 11.8. The van der Waals surface area contributed by atoms with Crippen molar-refractivity contribution in [1.82, 2.24) is 25.3 Å². The van der Waals surface area contributed by atoms with Crippen molar-refractivity contribution in [1.29, 1.82) is 0 Å². The van der Waals surface area contributed by atoms with Crippen LogP contribution in [0.4, 0.5) is 24.1 Å². The number of esters is 1. The van der Waals surface area contributed by atoms with Gasteiger partial charge in [0.2, 0.25) is 5.91 Å². The maximum absolute atomic E-state index is 16.0. The van der Waals surface area contributed by atoms with E-state index in [1.54, 1.807) is 49.9 Å². The predicted molar refractivity (Wildman–Crippen MR) is 270 cm³/mol. The monoisotopic (exact) mass is 1060 g/mol. The first kappa shape index (κ1) is 54.9. The zero-order chi connectivity index (χ0) is 54.5. The van der Waals surface area contributed by atoms with Crippen molar-refractivity contribution < 1.29 is 70.5 Å². The highest BCUT2D eigenvalue weighted by atomic mass is 35.5. The standard InChI is InChI=1S/C52H64BClF2N6O13/c1-50(2,3)73-47(66)38-33(55)15-14-27(41(38)70-8)22-37(53-74-36-24-28-23-35(51(28,4)5)52(36,6)75-53)58-44(63)40(32-26-34(56)42(71-9)43(72-10)39(32)54)59-49(68)62-21-20-61(45(64)46(62)65)30-16-18-60(19-17-30)48(67)57-29-12-11-13-31(25-29)69-7/h11-15,25-26,28,30,35-37,40H,16-24H2,1-10H3,(H,57,67)(H,58,63)(H,59,68)/t28-,35-,36+,37?,40?,52-/m0/s1. The number of hydrogen-bond acceptors (Lipinski definition) is 13. The van der Waals surface area contributed by atoms with Gasteiger partial charge in [-0.1, -0.05) is 37.6 Å². The van der Waals surface area contributed by atoms with E-state index in [1.165, 1.54) is 39.4 Å². The van der Waals surface area contributed by atoms with E-state index < -0.39 is 95.1 Å². The van der Waals surface area contributed by atoms with Crippen molar-refractivity contribution in [2.45, 2.75) is 109 Å². The Morgan fingerprint density at radius 1 is 0.840 bits per heavy atom. The van der Waals surface area contributed by atoms with Crippen LogP contribution in [0, 0.1) is 28.9 Å². The summed E-state index contributed by atoms with van der Waals surface area (Å²) in [5.41, 5.74) is -1.90. The molecule has 2 bridgehead atoms. The van der Waals surface area contributed by atoms with Gasteiger partial charge in [-0.25, -0.2) is 23.2 Å². The van der Waals surface area contributed by atoms with Crippen molar-refractivity contribution in [3.05, 3.63) is 75.8 Å². The lowest BCUT2D eigenvalue weighted by molar-refractivity contribution is -0.199. The summed E-state index contributed by atoms with van der Waals surface area (Å²) in [5, 5.41) is 7.96. The van der Waals surface area contributed by atoms with Crippen LogP contribution in [-0.2, 0) is 34.9 Å². The maximum atomic E-state index is 16.0. The number of nitrogens with one attached hydrogen (secondary N) is 3. The molecule has 3 aliphatic heterocycles. The minimum Gasteiger partial charge on any atom is -0.497 e. The third-order valence-electron chi connectivity index (χ3n) is 15.5. The normalized spacial score (nSPS) is 23.1. The van der Waals surface area contributed by atoms with Crippen LogP contribution in [0.25, 0.3) is 0 Å². The molecule has 75 heavy (non-hydrogen) atoms. The number of halogens is 3. The van der Waals surface area contributed by atoms with Gasteiger partial charge in [0.1, 0.15) is 34.5 Å². The number of amides is 7. The van der Waals surface area contributed by atoms with E-state index in [2.05, 4.69) is 29.8 Å². The van der Waals surface area contributed by atoms with Crippen LogP contribution in [0.15, 0.2) is 42.5 Å². The van der Waals surface area contributed by atoms with Gasteiger partial charge in [-0.15, -0.1) is 0 Å². The Kier molecular flexibility index (Phi) is 15.6. The number of benzene rings is 3. The molecule has 3 heterocycles. The first-order chi connectivity index (χ1) is 35.4. The molecule has 19 nitrogen and oxygen atoms in total. The number of carbonyl (C=O) groups is 6. The second-order valence-electron chi connectivity index (χ2n) is 21.3.